The normalized spacial score (nSPS) is 10.6. The summed E-state index contributed by atoms with van der Waals surface area (Å²) in [5, 5.41) is 0. The molecule has 134 valence electrons. The SMILES string of the molecule is CCOC(=O)c1c(C)[nH]c(C(=O)N(CC)CCc2ccccc2)c1C. The number of esters is 1. The van der Waals surface area contributed by atoms with Crippen molar-refractivity contribution in [3.05, 3.63) is 58.4 Å². The maximum absolute atomic E-state index is 12.9. The number of benzene rings is 1. The number of carbonyl (C=O) groups excluding carboxylic acids is 2. The molecule has 0 aliphatic heterocycles. The molecule has 5 heteroatoms. The molecule has 2 rings (SSSR count). The number of carbonyl (C=O) groups is 2. The van der Waals surface area contributed by atoms with Gasteiger partial charge in [0.1, 0.15) is 5.69 Å². The molecule has 2 aromatic rings. The molecule has 0 aliphatic carbocycles. The molecule has 0 bridgehead atoms. The summed E-state index contributed by atoms with van der Waals surface area (Å²) in [6.45, 7) is 8.85. The first-order valence-corrected chi connectivity index (χ1v) is 8.69. The number of H-pyrrole nitrogens is 1. The predicted molar refractivity (Wildman–Crippen MR) is 97.9 cm³/mol. The molecular formula is C20H26N2O3. The number of hydrogen-bond donors (Lipinski definition) is 1. The van der Waals surface area contributed by atoms with Crippen LogP contribution in [0.1, 0.15) is 51.5 Å². The van der Waals surface area contributed by atoms with Crippen LogP contribution in [0, 0.1) is 13.8 Å². The van der Waals surface area contributed by atoms with Gasteiger partial charge in [-0.3, -0.25) is 4.79 Å². The van der Waals surface area contributed by atoms with Crippen molar-refractivity contribution in [3.8, 4) is 0 Å². The second-order valence-electron chi connectivity index (χ2n) is 5.97. The van der Waals surface area contributed by atoms with Crippen molar-refractivity contribution in [1.82, 2.24) is 9.88 Å². The number of likely N-dealkylation sites (N-methyl/N-ethyl adjacent to an activating group) is 1. The second kappa shape index (κ2) is 8.51. The van der Waals surface area contributed by atoms with E-state index in [1.165, 1.54) is 5.56 Å². The van der Waals surface area contributed by atoms with E-state index in [9.17, 15) is 9.59 Å². The molecule has 1 aromatic carbocycles. The van der Waals surface area contributed by atoms with E-state index < -0.39 is 0 Å². The number of aromatic nitrogens is 1. The van der Waals surface area contributed by atoms with E-state index >= 15 is 0 Å². The summed E-state index contributed by atoms with van der Waals surface area (Å²) < 4.78 is 5.09. The summed E-state index contributed by atoms with van der Waals surface area (Å²) in [4.78, 5) is 29.9. The van der Waals surface area contributed by atoms with Gasteiger partial charge in [-0.15, -0.1) is 0 Å². The van der Waals surface area contributed by atoms with Crippen molar-refractivity contribution >= 4 is 11.9 Å². The molecule has 0 unspecified atom stereocenters. The summed E-state index contributed by atoms with van der Waals surface area (Å²) in [5.74, 6) is -0.477. The van der Waals surface area contributed by atoms with Gasteiger partial charge in [-0.2, -0.15) is 0 Å². The maximum atomic E-state index is 12.9. The second-order valence-corrected chi connectivity index (χ2v) is 5.97. The number of ether oxygens (including phenoxy) is 1. The van der Waals surface area contributed by atoms with E-state index in [-0.39, 0.29) is 11.9 Å². The lowest BCUT2D eigenvalue weighted by atomic mass is 10.1. The number of aryl methyl sites for hydroxylation is 1. The Kier molecular flexibility index (Phi) is 6.39. The van der Waals surface area contributed by atoms with E-state index in [1.54, 1.807) is 25.7 Å². The third-order valence-electron chi connectivity index (χ3n) is 4.31. The lowest BCUT2D eigenvalue weighted by Gasteiger charge is -2.20. The topological polar surface area (TPSA) is 62.4 Å². The fraction of sp³-hybridized carbons (Fsp3) is 0.400. The van der Waals surface area contributed by atoms with E-state index in [4.69, 9.17) is 4.74 Å². The zero-order chi connectivity index (χ0) is 18.4. The monoisotopic (exact) mass is 342 g/mol. The van der Waals surface area contributed by atoms with Crippen molar-refractivity contribution < 1.29 is 14.3 Å². The third kappa shape index (κ3) is 4.29. The molecular weight excluding hydrogens is 316 g/mol. The highest BCUT2D eigenvalue weighted by atomic mass is 16.5. The molecule has 0 aliphatic rings. The highest BCUT2D eigenvalue weighted by molar-refractivity contribution is 6.00. The van der Waals surface area contributed by atoms with Crippen LogP contribution in [-0.2, 0) is 11.2 Å². The fourth-order valence-electron chi connectivity index (χ4n) is 2.94. The molecule has 0 saturated heterocycles. The van der Waals surface area contributed by atoms with Crippen LogP contribution >= 0.6 is 0 Å². The van der Waals surface area contributed by atoms with Crippen molar-refractivity contribution in [2.24, 2.45) is 0 Å². The minimum Gasteiger partial charge on any atom is -0.462 e. The zero-order valence-corrected chi connectivity index (χ0v) is 15.4. The van der Waals surface area contributed by atoms with Crippen molar-refractivity contribution in [2.75, 3.05) is 19.7 Å². The first kappa shape index (κ1) is 18.8. The lowest BCUT2D eigenvalue weighted by Crippen LogP contribution is -2.33. The zero-order valence-electron chi connectivity index (χ0n) is 15.4. The van der Waals surface area contributed by atoms with Gasteiger partial charge in [0, 0.05) is 18.8 Å². The Morgan fingerprint density at radius 3 is 2.40 bits per heavy atom. The summed E-state index contributed by atoms with van der Waals surface area (Å²) >= 11 is 0. The van der Waals surface area contributed by atoms with Crippen LogP contribution < -0.4 is 0 Å². The lowest BCUT2D eigenvalue weighted by molar-refractivity contribution is 0.0525. The van der Waals surface area contributed by atoms with E-state index in [2.05, 4.69) is 17.1 Å². The number of nitrogens with zero attached hydrogens (tertiary/aromatic N) is 1. The molecule has 0 spiro atoms. The molecule has 0 atom stereocenters. The van der Waals surface area contributed by atoms with Crippen LogP contribution in [0.4, 0.5) is 0 Å². The summed E-state index contributed by atoms with van der Waals surface area (Å²) in [6.07, 6.45) is 0.796. The Morgan fingerprint density at radius 2 is 1.80 bits per heavy atom. The third-order valence-corrected chi connectivity index (χ3v) is 4.31. The first-order valence-electron chi connectivity index (χ1n) is 8.69. The first-order chi connectivity index (χ1) is 12.0. The van der Waals surface area contributed by atoms with Gasteiger partial charge in [0.05, 0.1) is 12.2 Å². The molecule has 25 heavy (non-hydrogen) atoms. The predicted octanol–water partition coefficient (Wildman–Crippen LogP) is 3.51. The molecule has 5 nitrogen and oxygen atoms in total. The highest BCUT2D eigenvalue weighted by Gasteiger charge is 2.25. The minimum absolute atomic E-state index is 0.0884. The Balaban J connectivity index is 2.17. The van der Waals surface area contributed by atoms with Gasteiger partial charge in [0.25, 0.3) is 5.91 Å². The van der Waals surface area contributed by atoms with Crippen LogP contribution in [0.3, 0.4) is 0 Å². The summed E-state index contributed by atoms with van der Waals surface area (Å²) in [5.41, 5.74) is 3.44. The smallest absolute Gasteiger partial charge is 0.340 e. The molecule has 0 fully saturated rings. The fourth-order valence-corrected chi connectivity index (χ4v) is 2.94. The molecule has 0 saturated carbocycles. The van der Waals surface area contributed by atoms with Crippen molar-refractivity contribution in [1.29, 1.82) is 0 Å². The number of aromatic amines is 1. The number of amides is 1. The number of nitrogens with one attached hydrogen (secondary N) is 1. The standard InChI is InChI=1S/C20H26N2O3/c1-5-22(13-12-16-10-8-7-9-11-16)19(23)18-14(3)17(15(4)21-18)20(24)25-6-2/h7-11,21H,5-6,12-13H2,1-4H3. The van der Waals surface area contributed by atoms with E-state index in [1.807, 2.05) is 25.1 Å². The molecule has 0 radical (unpaired) electrons. The number of hydrogen-bond acceptors (Lipinski definition) is 3. The number of rotatable bonds is 7. The van der Waals surface area contributed by atoms with E-state index in [0.717, 1.165) is 6.42 Å². The van der Waals surface area contributed by atoms with Gasteiger partial charge >= 0.3 is 5.97 Å². The van der Waals surface area contributed by atoms with Crippen LogP contribution in [0.25, 0.3) is 0 Å². The average Bonchev–Trinajstić information content (AvgIpc) is 2.91. The average molecular weight is 342 g/mol. The highest BCUT2D eigenvalue weighted by Crippen LogP contribution is 2.20. The van der Waals surface area contributed by atoms with Gasteiger partial charge in [-0.1, -0.05) is 30.3 Å². The summed E-state index contributed by atoms with van der Waals surface area (Å²) in [6, 6.07) is 10.1. The van der Waals surface area contributed by atoms with Crippen LogP contribution in [0.5, 0.6) is 0 Å². The Labute approximate surface area is 149 Å². The Bertz CT molecular complexity index is 735. The Hall–Kier alpha value is -2.56. The largest absolute Gasteiger partial charge is 0.462 e. The van der Waals surface area contributed by atoms with Crippen molar-refractivity contribution in [3.63, 3.8) is 0 Å². The van der Waals surface area contributed by atoms with Gasteiger partial charge < -0.3 is 14.6 Å². The quantitative estimate of drug-likeness (QED) is 0.783. The van der Waals surface area contributed by atoms with Crippen LogP contribution in [0.2, 0.25) is 0 Å². The molecule has 1 heterocycles. The van der Waals surface area contributed by atoms with Gasteiger partial charge in [-0.25, -0.2) is 4.79 Å². The van der Waals surface area contributed by atoms with Gasteiger partial charge in [-0.05, 0) is 45.2 Å². The van der Waals surface area contributed by atoms with E-state index in [0.29, 0.717) is 42.2 Å². The molecule has 1 aromatic heterocycles. The summed E-state index contributed by atoms with van der Waals surface area (Å²) in [7, 11) is 0. The van der Waals surface area contributed by atoms with Crippen LogP contribution in [-0.4, -0.2) is 41.5 Å². The van der Waals surface area contributed by atoms with Gasteiger partial charge in [0.2, 0.25) is 0 Å². The maximum Gasteiger partial charge on any atom is 0.340 e. The minimum atomic E-state index is -0.389. The van der Waals surface area contributed by atoms with Crippen LogP contribution in [0.15, 0.2) is 30.3 Å². The molecule has 1 N–H and O–H groups in total. The van der Waals surface area contributed by atoms with Crippen molar-refractivity contribution in [2.45, 2.75) is 34.1 Å². The molecule has 1 amide bonds. The Morgan fingerprint density at radius 1 is 1.12 bits per heavy atom. The van der Waals surface area contributed by atoms with Gasteiger partial charge in [0.15, 0.2) is 0 Å².